The van der Waals surface area contributed by atoms with E-state index in [-0.39, 0.29) is 6.42 Å². The Balaban J connectivity index is 1.76. The number of aryl methyl sites for hydroxylation is 1. The van der Waals surface area contributed by atoms with Gasteiger partial charge in [-0.15, -0.1) is 0 Å². The Hall–Kier alpha value is -3.60. The van der Waals surface area contributed by atoms with Crippen molar-refractivity contribution in [1.29, 1.82) is 0 Å². The van der Waals surface area contributed by atoms with Gasteiger partial charge < -0.3 is 14.8 Å². The van der Waals surface area contributed by atoms with Crippen LogP contribution in [-0.4, -0.2) is 19.0 Å². The normalized spacial score (nSPS) is 11.4. The van der Waals surface area contributed by atoms with Crippen molar-refractivity contribution in [2.45, 2.75) is 19.4 Å². The summed E-state index contributed by atoms with van der Waals surface area (Å²) in [7, 11) is 1.56. The number of carbonyl (C=O) groups excluding carboxylic acids is 2. The van der Waals surface area contributed by atoms with Crippen LogP contribution in [0.1, 0.15) is 22.8 Å². The molecule has 3 aromatic rings. The number of rotatable bonds is 7. The van der Waals surface area contributed by atoms with Crippen LogP contribution in [0.15, 0.2) is 78.9 Å². The molecule has 0 aliphatic heterocycles. The molecule has 29 heavy (non-hydrogen) atoms. The zero-order valence-corrected chi connectivity index (χ0v) is 16.4. The van der Waals surface area contributed by atoms with Gasteiger partial charge in [-0.3, -0.25) is 9.59 Å². The second kappa shape index (κ2) is 9.55. The fraction of sp³-hybridized carbons (Fsp3) is 0.167. The fourth-order valence-corrected chi connectivity index (χ4v) is 2.86. The number of carbonyl (C=O) groups is 2. The lowest BCUT2D eigenvalue weighted by atomic mass is 10.1. The van der Waals surface area contributed by atoms with Gasteiger partial charge in [-0.2, -0.15) is 0 Å². The molecule has 0 saturated heterocycles. The molecule has 1 amide bonds. The number of methoxy groups -OCH3 is 1. The first-order valence-corrected chi connectivity index (χ1v) is 9.30. The number of nitrogens with one attached hydrogen (secondary N) is 1. The Morgan fingerprint density at radius 3 is 2.34 bits per heavy atom. The van der Waals surface area contributed by atoms with Gasteiger partial charge in [-0.1, -0.05) is 66.2 Å². The quantitative estimate of drug-likeness (QED) is 0.606. The van der Waals surface area contributed by atoms with Crippen molar-refractivity contribution in [1.82, 2.24) is 0 Å². The third-order valence-corrected chi connectivity index (χ3v) is 4.40. The molecule has 0 radical (unpaired) electrons. The maximum Gasteiger partial charge on any atom is 0.311 e. The highest BCUT2D eigenvalue weighted by atomic mass is 16.5. The van der Waals surface area contributed by atoms with Gasteiger partial charge in [0.2, 0.25) is 6.10 Å². The summed E-state index contributed by atoms with van der Waals surface area (Å²) in [6, 6.07) is 23.6. The van der Waals surface area contributed by atoms with E-state index >= 15 is 0 Å². The highest BCUT2D eigenvalue weighted by molar-refractivity contribution is 5.96. The predicted octanol–water partition coefficient (Wildman–Crippen LogP) is 4.47. The minimum Gasteiger partial charge on any atom is -0.497 e. The van der Waals surface area contributed by atoms with Crippen LogP contribution in [0.5, 0.6) is 5.75 Å². The first-order valence-electron chi connectivity index (χ1n) is 9.30. The summed E-state index contributed by atoms with van der Waals surface area (Å²) >= 11 is 0. The third-order valence-electron chi connectivity index (χ3n) is 4.40. The van der Waals surface area contributed by atoms with Crippen molar-refractivity contribution in [3.63, 3.8) is 0 Å². The van der Waals surface area contributed by atoms with Gasteiger partial charge in [0.15, 0.2) is 0 Å². The maximum atomic E-state index is 12.9. The summed E-state index contributed by atoms with van der Waals surface area (Å²) in [6.07, 6.45) is -0.962. The minimum atomic E-state index is -1.06. The monoisotopic (exact) mass is 389 g/mol. The van der Waals surface area contributed by atoms with E-state index in [4.69, 9.17) is 9.47 Å². The van der Waals surface area contributed by atoms with Crippen molar-refractivity contribution in [2.75, 3.05) is 12.4 Å². The van der Waals surface area contributed by atoms with Gasteiger partial charge in [-0.25, -0.2) is 0 Å². The first kappa shape index (κ1) is 20.1. The summed E-state index contributed by atoms with van der Waals surface area (Å²) in [5.41, 5.74) is 3.11. The van der Waals surface area contributed by atoms with Crippen LogP contribution in [0.25, 0.3) is 0 Å². The molecule has 148 valence electrons. The number of benzene rings is 3. The summed E-state index contributed by atoms with van der Waals surface area (Å²) in [6.45, 7) is 1.98. The number of ether oxygens (including phenoxy) is 2. The molecule has 3 rings (SSSR count). The molecule has 0 bridgehead atoms. The lowest BCUT2D eigenvalue weighted by Crippen LogP contribution is -2.26. The Morgan fingerprint density at radius 1 is 0.931 bits per heavy atom. The number of amides is 1. The minimum absolute atomic E-state index is 0.0933. The molecule has 0 aromatic heterocycles. The van der Waals surface area contributed by atoms with Gasteiger partial charge in [0.05, 0.1) is 13.5 Å². The third kappa shape index (κ3) is 5.69. The van der Waals surface area contributed by atoms with Crippen molar-refractivity contribution >= 4 is 17.6 Å². The van der Waals surface area contributed by atoms with Crippen molar-refractivity contribution in [2.24, 2.45) is 0 Å². The van der Waals surface area contributed by atoms with Crippen LogP contribution in [0.3, 0.4) is 0 Å². The van der Waals surface area contributed by atoms with Gasteiger partial charge >= 0.3 is 5.97 Å². The largest absolute Gasteiger partial charge is 0.497 e. The molecule has 5 nitrogen and oxygen atoms in total. The zero-order chi connectivity index (χ0) is 20.6. The van der Waals surface area contributed by atoms with E-state index in [2.05, 4.69) is 5.32 Å². The van der Waals surface area contributed by atoms with E-state index in [0.717, 1.165) is 11.1 Å². The van der Waals surface area contributed by atoms with Crippen molar-refractivity contribution in [3.05, 3.63) is 95.6 Å². The lowest BCUT2D eigenvalue weighted by Gasteiger charge is -2.18. The molecule has 5 heteroatoms. The van der Waals surface area contributed by atoms with Crippen LogP contribution in [0.2, 0.25) is 0 Å². The first-order chi connectivity index (χ1) is 14.0. The predicted molar refractivity (Wildman–Crippen MR) is 112 cm³/mol. The van der Waals surface area contributed by atoms with E-state index in [0.29, 0.717) is 17.0 Å². The Morgan fingerprint density at radius 2 is 1.66 bits per heavy atom. The molecule has 0 saturated carbocycles. The van der Waals surface area contributed by atoms with Gasteiger partial charge in [-0.05, 0) is 24.6 Å². The van der Waals surface area contributed by atoms with Crippen LogP contribution >= 0.6 is 0 Å². The molecule has 0 aliphatic carbocycles. The van der Waals surface area contributed by atoms with Crippen LogP contribution in [-0.2, 0) is 20.7 Å². The molecule has 0 spiro atoms. The average Bonchev–Trinajstić information content (AvgIpc) is 2.74. The van der Waals surface area contributed by atoms with E-state index in [9.17, 15) is 9.59 Å². The van der Waals surface area contributed by atoms with E-state index < -0.39 is 18.0 Å². The molecular weight excluding hydrogens is 366 g/mol. The number of esters is 1. The molecule has 0 fully saturated rings. The van der Waals surface area contributed by atoms with E-state index in [1.165, 1.54) is 0 Å². The highest BCUT2D eigenvalue weighted by Crippen LogP contribution is 2.23. The highest BCUT2D eigenvalue weighted by Gasteiger charge is 2.25. The summed E-state index contributed by atoms with van der Waals surface area (Å²) in [4.78, 5) is 25.4. The molecule has 0 unspecified atom stereocenters. The Labute approximate surface area is 170 Å². The molecule has 0 heterocycles. The summed E-state index contributed by atoms with van der Waals surface area (Å²) in [5, 5.41) is 2.80. The van der Waals surface area contributed by atoms with Gasteiger partial charge in [0.25, 0.3) is 5.91 Å². The van der Waals surface area contributed by atoms with Crippen LogP contribution in [0, 0.1) is 6.92 Å². The molecule has 3 aromatic carbocycles. The molecule has 0 aliphatic rings. The Kier molecular flexibility index (Phi) is 6.63. The molecular formula is C24H23NO4. The van der Waals surface area contributed by atoms with Crippen molar-refractivity contribution < 1.29 is 19.1 Å². The van der Waals surface area contributed by atoms with Crippen LogP contribution in [0.4, 0.5) is 5.69 Å². The van der Waals surface area contributed by atoms with Gasteiger partial charge in [0, 0.05) is 17.3 Å². The van der Waals surface area contributed by atoms with E-state index in [1.54, 1.807) is 55.6 Å². The molecule has 1 atom stereocenters. The standard InChI is InChI=1S/C24H23NO4/c1-17-11-13-18(14-12-17)15-22(26)29-23(19-7-4-3-5-8-19)24(27)25-20-9-6-10-21(16-20)28-2/h3-14,16,23H,15H2,1-2H3,(H,25,27)/t23-/m0/s1. The second-order valence-electron chi connectivity index (χ2n) is 6.66. The van der Waals surface area contributed by atoms with Crippen LogP contribution < -0.4 is 10.1 Å². The number of hydrogen-bond donors (Lipinski definition) is 1. The van der Waals surface area contributed by atoms with Gasteiger partial charge in [0.1, 0.15) is 5.75 Å². The fourth-order valence-electron chi connectivity index (χ4n) is 2.86. The smallest absolute Gasteiger partial charge is 0.311 e. The number of hydrogen-bond acceptors (Lipinski definition) is 4. The Bertz CT molecular complexity index is 968. The maximum absolute atomic E-state index is 12.9. The van der Waals surface area contributed by atoms with Crippen molar-refractivity contribution in [3.8, 4) is 5.75 Å². The topological polar surface area (TPSA) is 64.6 Å². The lowest BCUT2D eigenvalue weighted by molar-refractivity contribution is -0.154. The molecule has 1 N–H and O–H groups in total. The SMILES string of the molecule is COc1cccc(NC(=O)[C@@H](OC(=O)Cc2ccc(C)cc2)c2ccccc2)c1. The second-order valence-corrected chi connectivity index (χ2v) is 6.66. The zero-order valence-electron chi connectivity index (χ0n) is 16.4. The average molecular weight is 389 g/mol. The number of anilines is 1. The summed E-state index contributed by atoms with van der Waals surface area (Å²) < 4.78 is 10.8. The van der Waals surface area contributed by atoms with E-state index in [1.807, 2.05) is 37.3 Å². The summed E-state index contributed by atoms with van der Waals surface area (Å²) in [5.74, 6) is -0.277.